The minimum Gasteiger partial charge on any atom is -0.378 e. The second-order valence-electron chi connectivity index (χ2n) is 5.60. The Labute approximate surface area is 124 Å². The molecule has 116 valence electrons. The van der Waals surface area contributed by atoms with Crippen molar-refractivity contribution >= 4 is 0 Å². The summed E-state index contributed by atoms with van der Waals surface area (Å²) in [5.74, 6) is 0.293. The van der Waals surface area contributed by atoms with E-state index in [0.717, 1.165) is 19.4 Å². The van der Waals surface area contributed by atoms with E-state index in [1.165, 1.54) is 18.4 Å². The summed E-state index contributed by atoms with van der Waals surface area (Å²) in [6, 6.07) is 0. The molecule has 0 aromatic carbocycles. The molecule has 0 fully saturated rings. The first-order valence-corrected chi connectivity index (χ1v) is 7.66. The molecule has 0 N–H and O–H groups in total. The molecule has 0 spiro atoms. The monoisotopic (exact) mass is 282 g/mol. The summed E-state index contributed by atoms with van der Waals surface area (Å²) in [7, 11) is 3.50. The normalized spacial score (nSPS) is 30.6. The van der Waals surface area contributed by atoms with Crippen LogP contribution in [0.15, 0.2) is 23.8 Å². The summed E-state index contributed by atoms with van der Waals surface area (Å²) in [4.78, 5) is 0. The van der Waals surface area contributed by atoms with Gasteiger partial charge in [0.1, 0.15) is 6.10 Å². The van der Waals surface area contributed by atoms with Crippen LogP contribution in [0.5, 0.6) is 0 Å². The Morgan fingerprint density at radius 2 is 1.95 bits per heavy atom. The molecular formula is C17H30O3. The number of hydrogen-bond donors (Lipinski definition) is 0. The molecule has 1 aliphatic rings. The molecule has 0 saturated heterocycles. The van der Waals surface area contributed by atoms with Crippen LogP contribution < -0.4 is 0 Å². The van der Waals surface area contributed by atoms with E-state index >= 15 is 0 Å². The van der Waals surface area contributed by atoms with Crippen LogP contribution in [0.2, 0.25) is 0 Å². The Bertz CT molecular complexity index is 309. The fourth-order valence-electron chi connectivity index (χ4n) is 2.67. The lowest BCUT2D eigenvalue weighted by atomic mass is 9.96. The van der Waals surface area contributed by atoms with E-state index in [-0.39, 0.29) is 12.2 Å². The zero-order valence-corrected chi connectivity index (χ0v) is 13.4. The highest BCUT2D eigenvalue weighted by molar-refractivity contribution is 5.06. The fraction of sp³-hybridized carbons (Fsp3) is 0.765. The molecule has 0 aliphatic carbocycles. The van der Waals surface area contributed by atoms with E-state index < -0.39 is 0 Å². The standard InChI is InChI=1S/C17H30O3/c1-14-12-15(2)17(19-4)16(18-3)10-8-6-5-7-9-11-20-13-14/h8,10,12,15-17H,5-7,9,11,13H2,1-4H3/t15-,16+,17+/m1/s1. The van der Waals surface area contributed by atoms with Gasteiger partial charge in [0.15, 0.2) is 0 Å². The Morgan fingerprint density at radius 1 is 1.15 bits per heavy atom. The van der Waals surface area contributed by atoms with Gasteiger partial charge in [0.05, 0.1) is 12.7 Å². The summed E-state index contributed by atoms with van der Waals surface area (Å²) >= 11 is 0. The van der Waals surface area contributed by atoms with Crippen molar-refractivity contribution < 1.29 is 14.2 Å². The third kappa shape index (κ3) is 6.21. The van der Waals surface area contributed by atoms with Crippen molar-refractivity contribution in [3.8, 4) is 0 Å². The summed E-state index contributed by atoms with van der Waals surface area (Å²) in [5.41, 5.74) is 1.26. The quantitative estimate of drug-likeness (QED) is 0.722. The van der Waals surface area contributed by atoms with Crippen LogP contribution in [0.1, 0.15) is 39.5 Å². The van der Waals surface area contributed by atoms with Gasteiger partial charge >= 0.3 is 0 Å². The van der Waals surface area contributed by atoms with Gasteiger partial charge in [0, 0.05) is 26.7 Å². The maximum atomic E-state index is 5.70. The van der Waals surface area contributed by atoms with Crippen molar-refractivity contribution in [2.24, 2.45) is 5.92 Å². The summed E-state index contributed by atoms with van der Waals surface area (Å²) in [6.07, 6.45) is 11.3. The van der Waals surface area contributed by atoms with Crippen LogP contribution in [-0.2, 0) is 14.2 Å². The van der Waals surface area contributed by atoms with Crippen LogP contribution in [-0.4, -0.2) is 39.6 Å². The Hall–Kier alpha value is -0.640. The molecule has 3 nitrogen and oxygen atoms in total. The van der Waals surface area contributed by atoms with Crippen LogP contribution >= 0.6 is 0 Å². The van der Waals surface area contributed by atoms with Crippen molar-refractivity contribution in [3.63, 3.8) is 0 Å². The SMILES string of the molecule is CO[C@H]1[C@H](C)C=C(C)COCCCCCC=C[C@@H]1OC. The van der Waals surface area contributed by atoms with E-state index in [1.54, 1.807) is 14.2 Å². The lowest BCUT2D eigenvalue weighted by molar-refractivity contribution is -0.0298. The van der Waals surface area contributed by atoms with Crippen molar-refractivity contribution in [3.05, 3.63) is 23.8 Å². The maximum absolute atomic E-state index is 5.70. The van der Waals surface area contributed by atoms with Gasteiger partial charge in [-0.25, -0.2) is 0 Å². The first-order valence-electron chi connectivity index (χ1n) is 7.66. The maximum Gasteiger partial charge on any atom is 0.102 e. The molecule has 3 atom stereocenters. The summed E-state index contributed by atoms with van der Waals surface area (Å²) < 4.78 is 16.9. The van der Waals surface area contributed by atoms with E-state index in [0.29, 0.717) is 12.5 Å². The van der Waals surface area contributed by atoms with Crippen molar-refractivity contribution in [2.45, 2.75) is 51.7 Å². The van der Waals surface area contributed by atoms with Gasteiger partial charge < -0.3 is 14.2 Å². The molecule has 1 aliphatic heterocycles. The van der Waals surface area contributed by atoms with Crippen LogP contribution in [0.25, 0.3) is 0 Å². The minimum absolute atomic E-state index is 0.00269. The first kappa shape index (κ1) is 17.4. The molecule has 0 saturated carbocycles. The summed E-state index contributed by atoms with van der Waals surface area (Å²) in [5, 5.41) is 0. The molecule has 0 aromatic rings. The second-order valence-corrected chi connectivity index (χ2v) is 5.60. The summed E-state index contributed by atoms with van der Waals surface area (Å²) in [6.45, 7) is 5.86. The average Bonchev–Trinajstić information content (AvgIpc) is 2.43. The van der Waals surface area contributed by atoms with E-state index in [4.69, 9.17) is 14.2 Å². The van der Waals surface area contributed by atoms with Gasteiger partial charge in [0.25, 0.3) is 0 Å². The fourth-order valence-corrected chi connectivity index (χ4v) is 2.67. The predicted octanol–water partition coefficient (Wildman–Crippen LogP) is 3.75. The predicted molar refractivity (Wildman–Crippen MR) is 82.9 cm³/mol. The lowest BCUT2D eigenvalue weighted by Crippen LogP contribution is -2.33. The average molecular weight is 282 g/mol. The molecule has 0 radical (unpaired) electrons. The molecule has 3 heteroatoms. The highest BCUT2D eigenvalue weighted by Gasteiger charge is 2.23. The highest BCUT2D eigenvalue weighted by atomic mass is 16.5. The molecular weight excluding hydrogens is 252 g/mol. The second kappa shape index (κ2) is 10.1. The van der Waals surface area contributed by atoms with E-state index in [9.17, 15) is 0 Å². The number of rotatable bonds is 2. The molecule has 0 unspecified atom stereocenters. The van der Waals surface area contributed by atoms with Crippen molar-refractivity contribution in [1.29, 1.82) is 0 Å². The Kier molecular flexibility index (Phi) is 8.83. The van der Waals surface area contributed by atoms with Crippen LogP contribution in [0, 0.1) is 5.92 Å². The van der Waals surface area contributed by atoms with Gasteiger partial charge in [-0.15, -0.1) is 0 Å². The lowest BCUT2D eigenvalue weighted by Gasteiger charge is -2.27. The van der Waals surface area contributed by atoms with Crippen LogP contribution in [0.3, 0.4) is 0 Å². The minimum atomic E-state index is 0.00269. The van der Waals surface area contributed by atoms with E-state index in [2.05, 4.69) is 32.1 Å². The number of ether oxygens (including phenoxy) is 3. The molecule has 0 amide bonds. The highest BCUT2D eigenvalue weighted by Crippen LogP contribution is 2.18. The van der Waals surface area contributed by atoms with Gasteiger partial charge in [-0.3, -0.25) is 0 Å². The number of methoxy groups -OCH3 is 2. The smallest absolute Gasteiger partial charge is 0.102 e. The number of allylic oxidation sites excluding steroid dienone is 1. The molecule has 1 heterocycles. The van der Waals surface area contributed by atoms with Gasteiger partial charge in [-0.05, 0) is 26.2 Å². The van der Waals surface area contributed by atoms with Crippen LogP contribution in [0.4, 0.5) is 0 Å². The molecule has 20 heavy (non-hydrogen) atoms. The zero-order chi connectivity index (χ0) is 14.8. The van der Waals surface area contributed by atoms with Crippen molar-refractivity contribution in [2.75, 3.05) is 27.4 Å². The molecule has 0 bridgehead atoms. The Morgan fingerprint density at radius 3 is 2.65 bits per heavy atom. The third-order valence-electron chi connectivity index (χ3n) is 3.75. The molecule has 1 rings (SSSR count). The van der Waals surface area contributed by atoms with Crippen molar-refractivity contribution in [1.82, 2.24) is 0 Å². The third-order valence-corrected chi connectivity index (χ3v) is 3.75. The van der Waals surface area contributed by atoms with Gasteiger partial charge in [0.2, 0.25) is 0 Å². The van der Waals surface area contributed by atoms with Gasteiger partial charge in [-0.1, -0.05) is 37.1 Å². The largest absolute Gasteiger partial charge is 0.378 e. The first-order chi connectivity index (χ1) is 9.69. The van der Waals surface area contributed by atoms with Gasteiger partial charge in [-0.2, -0.15) is 0 Å². The molecule has 0 aromatic heterocycles. The number of hydrogen-bond acceptors (Lipinski definition) is 3. The van der Waals surface area contributed by atoms with E-state index in [1.807, 2.05) is 0 Å². The Balaban J connectivity index is 2.79. The topological polar surface area (TPSA) is 27.7 Å². The zero-order valence-electron chi connectivity index (χ0n) is 13.4.